The summed E-state index contributed by atoms with van der Waals surface area (Å²) in [5.74, 6) is 2.76. The van der Waals surface area contributed by atoms with Crippen molar-refractivity contribution >= 4 is 12.2 Å². The van der Waals surface area contributed by atoms with Gasteiger partial charge < -0.3 is 19.4 Å². The van der Waals surface area contributed by atoms with Crippen LogP contribution in [0.2, 0.25) is 0 Å². The van der Waals surface area contributed by atoms with Gasteiger partial charge in [-0.15, -0.1) is 0 Å². The van der Waals surface area contributed by atoms with E-state index in [9.17, 15) is 9.59 Å². The monoisotopic (exact) mass is 742 g/mol. The van der Waals surface area contributed by atoms with Crippen LogP contribution in [0.15, 0.2) is 48.8 Å². The number of aromatic amines is 2. The van der Waals surface area contributed by atoms with Crippen molar-refractivity contribution < 1.29 is 19.1 Å². The second-order valence-electron chi connectivity index (χ2n) is 19.5. The van der Waals surface area contributed by atoms with Gasteiger partial charge in [-0.25, -0.2) is 19.6 Å². The van der Waals surface area contributed by atoms with Crippen LogP contribution in [0.4, 0.5) is 9.59 Å². The van der Waals surface area contributed by atoms with Gasteiger partial charge >= 0.3 is 12.2 Å². The van der Waals surface area contributed by atoms with E-state index in [1.165, 1.54) is 53.5 Å². The fourth-order valence-corrected chi connectivity index (χ4v) is 10.6. The van der Waals surface area contributed by atoms with Crippen LogP contribution in [0.25, 0.3) is 33.6 Å². The Bertz CT molecular complexity index is 2170. The zero-order valence-corrected chi connectivity index (χ0v) is 33.1. The number of H-pyrrole nitrogens is 2. The molecule has 3 saturated carbocycles. The zero-order chi connectivity index (χ0) is 38.0. The lowest BCUT2D eigenvalue weighted by Gasteiger charge is -2.29. The lowest BCUT2D eigenvalue weighted by Crippen LogP contribution is -2.38. The first-order chi connectivity index (χ1) is 26.2. The number of fused-ring (bicyclic) bond motifs is 3. The minimum absolute atomic E-state index is 0.0852. The normalized spacial score (nSPS) is 27.3. The number of carbonyl (C=O) groups is 2. The Balaban J connectivity index is 0.915. The van der Waals surface area contributed by atoms with Gasteiger partial charge in [-0.2, -0.15) is 0 Å². The number of benzene rings is 2. The molecule has 288 valence electrons. The predicted octanol–water partition coefficient (Wildman–Crippen LogP) is 9.93. The quantitative estimate of drug-likeness (QED) is 0.210. The molecule has 10 heteroatoms. The maximum atomic E-state index is 13.3. The third kappa shape index (κ3) is 6.24. The average molecular weight is 743 g/mol. The van der Waals surface area contributed by atoms with Gasteiger partial charge in [-0.05, 0) is 138 Å². The third-order valence-electron chi connectivity index (χ3n) is 13.2. The molecule has 6 atom stereocenters. The van der Waals surface area contributed by atoms with Crippen molar-refractivity contribution in [1.29, 1.82) is 0 Å². The van der Waals surface area contributed by atoms with E-state index >= 15 is 0 Å². The molecular weight excluding hydrogens is 689 g/mol. The van der Waals surface area contributed by atoms with Gasteiger partial charge in [-0.3, -0.25) is 9.80 Å². The summed E-state index contributed by atoms with van der Waals surface area (Å²) in [5.41, 5.74) is 9.00. The SMILES string of the molecule is CC(C)(C)OC(=O)N1C2CC2C[C@H]1c1ncc(-c2ccc(-c3ccc(-c4cnc([C@@H]5CC6CC6N5C(=O)OC(C)(C)C)[nH]4)c4c3CC3(CCCC3)C4)cc2)[nH]1. The molecule has 2 aliphatic heterocycles. The Morgan fingerprint density at radius 1 is 0.655 bits per heavy atom. The van der Waals surface area contributed by atoms with Crippen LogP contribution in [-0.4, -0.2) is 65.2 Å². The number of rotatable bonds is 5. The highest BCUT2D eigenvalue weighted by Gasteiger charge is 2.57. The number of carbonyl (C=O) groups excluding carboxylic acids is 2. The van der Waals surface area contributed by atoms with Crippen LogP contribution in [0.3, 0.4) is 0 Å². The number of hydrogen-bond donors (Lipinski definition) is 2. The van der Waals surface area contributed by atoms with E-state index < -0.39 is 11.2 Å². The summed E-state index contributed by atoms with van der Waals surface area (Å²) >= 11 is 0. The molecule has 10 nitrogen and oxygen atoms in total. The molecule has 2 amide bonds. The molecule has 4 aliphatic carbocycles. The van der Waals surface area contributed by atoms with Crippen molar-refractivity contribution in [1.82, 2.24) is 29.7 Å². The van der Waals surface area contributed by atoms with Crippen LogP contribution >= 0.6 is 0 Å². The minimum atomic E-state index is -0.535. The Morgan fingerprint density at radius 3 is 1.67 bits per heavy atom. The lowest BCUT2D eigenvalue weighted by molar-refractivity contribution is 0.0164. The molecule has 2 saturated heterocycles. The molecule has 2 N–H and O–H groups in total. The second kappa shape index (κ2) is 12.2. The van der Waals surface area contributed by atoms with E-state index in [4.69, 9.17) is 19.4 Å². The highest BCUT2D eigenvalue weighted by molar-refractivity contribution is 5.79. The van der Waals surface area contributed by atoms with E-state index in [0.29, 0.717) is 17.3 Å². The fourth-order valence-electron chi connectivity index (χ4n) is 10.6. The second-order valence-corrected chi connectivity index (χ2v) is 19.5. The largest absolute Gasteiger partial charge is 0.444 e. The number of likely N-dealkylation sites (tertiary alicyclic amines) is 2. The molecule has 55 heavy (non-hydrogen) atoms. The first-order valence-electron chi connectivity index (χ1n) is 20.6. The van der Waals surface area contributed by atoms with Crippen LogP contribution in [0, 0.1) is 17.3 Å². The zero-order valence-electron chi connectivity index (χ0n) is 33.1. The molecule has 1 spiro atoms. The Kier molecular flexibility index (Phi) is 7.73. The van der Waals surface area contributed by atoms with Crippen molar-refractivity contribution in [2.75, 3.05) is 0 Å². The lowest BCUT2D eigenvalue weighted by atomic mass is 9.82. The van der Waals surface area contributed by atoms with Gasteiger partial charge in [0, 0.05) is 17.6 Å². The summed E-state index contributed by atoms with van der Waals surface area (Å²) < 4.78 is 11.6. The minimum Gasteiger partial charge on any atom is -0.444 e. The third-order valence-corrected chi connectivity index (χ3v) is 13.2. The van der Waals surface area contributed by atoms with Gasteiger partial charge in [0.1, 0.15) is 22.9 Å². The molecular formula is C45H54N6O4. The van der Waals surface area contributed by atoms with Crippen molar-refractivity contribution in [3.63, 3.8) is 0 Å². The molecule has 10 rings (SSSR count). The number of ether oxygens (including phenoxy) is 2. The number of piperidine rings is 2. The summed E-state index contributed by atoms with van der Waals surface area (Å²) in [7, 11) is 0. The van der Waals surface area contributed by atoms with E-state index in [1.54, 1.807) is 0 Å². The van der Waals surface area contributed by atoms with Gasteiger partial charge in [0.25, 0.3) is 0 Å². The van der Waals surface area contributed by atoms with E-state index in [-0.39, 0.29) is 36.4 Å². The molecule has 4 unspecified atom stereocenters. The molecule has 6 aliphatic rings. The molecule has 0 radical (unpaired) electrons. The fraction of sp³-hybridized carbons (Fsp3) is 0.556. The Labute approximate surface area is 323 Å². The maximum Gasteiger partial charge on any atom is 0.411 e. The Hall–Kier alpha value is -4.60. The number of nitrogens with one attached hydrogen (secondary N) is 2. The summed E-state index contributed by atoms with van der Waals surface area (Å²) in [6.07, 6.45) is 14.7. The smallest absolute Gasteiger partial charge is 0.411 e. The van der Waals surface area contributed by atoms with Crippen molar-refractivity contribution in [2.45, 2.75) is 141 Å². The van der Waals surface area contributed by atoms with E-state index in [2.05, 4.69) is 46.4 Å². The van der Waals surface area contributed by atoms with Gasteiger partial charge in [-0.1, -0.05) is 49.2 Å². The van der Waals surface area contributed by atoms with Crippen LogP contribution in [0.5, 0.6) is 0 Å². The van der Waals surface area contributed by atoms with E-state index in [1.807, 2.05) is 63.7 Å². The van der Waals surface area contributed by atoms with Crippen LogP contribution in [0.1, 0.15) is 128 Å². The maximum absolute atomic E-state index is 13.3. The molecule has 2 aromatic heterocycles. The van der Waals surface area contributed by atoms with Crippen molar-refractivity contribution in [3.8, 4) is 33.6 Å². The van der Waals surface area contributed by atoms with Crippen molar-refractivity contribution in [3.05, 3.63) is 71.6 Å². The standard InChI is InChI=1S/C45H54N6O4/c1-43(2,3)54-41(52)50-35-17-27(35)19-37(50)39-46-23-33(48-39)26-11-9-25(10-12-26)29-13-14-30(32-22-45(21-31(29)32)15-7-8-16-45)34-24-47-40(49-34)38-20-28-18-36(28)51(38)42(53)55-44(4,5)6/h9-14,23-24,27-28,35-38H,7-8,15-22H2,1-6H3,(H,46,48)(H,47,49)/t27?,28?,35?,36?,37-,38-/m0/s1. The van der Waals surface area contributed by atoms with Gasteiger partial charge in [0.15, 0.2) is 0 Å². The van der Waals surface area contributed by atoms with Crippen LogP contribution in [-0.2, 0) is 22.3 Å². The molecule has 5 fully saturated rings. The van der Waals surface area contributed by atoms with Crippen molar-refractivity contribution in [2.24, 2.45) is 17.3 Å². The molecule has 4 aromatic rings. The predicted molar refractivity (Wildman–Crippen MR) is 210 cm³/mol. The van der Waals surface area contributed by atoms with Gasteiger partial charge in [0.05, 0.1) is 35.9 Å². The summed E-state index contributed by atoms with van der Waals surface area (Å²) in [4.78, 5) is 47.3. The topological polar surface area (TPSA) is 116 Å². The van der Waals surface area contributed by atoms with Gasteiger partial charge in [0.2, 0.25) is 0 Å². The number of hydrogen-bond acceptors (Lipinski definition) is 6. The summed E-state index contributed by atoms with van der Waals surface area (Å²) in [6.45, 7) is 11.5. The highest BCUT2D eigenvalue weighted by Crippen LogP contribution is 2.56. The van der Waals surface area contributed by atoms with E-state index in [0.717, 1.165) is 67.1 Å². The van der Waals surface area contributed by atoms with Crippen LogP contribution < -0.4 is 0 Å². The Morgan fingerprint density at radius 2 is 1.13 bits per heavy atom. The first kappa shape index (κ1) is 34.9. The highest BCUT2D eigenvalue weighted by atomic mass is 16.6. The number of imidazole rings is 2. The molecule has 0 bridgehead atoms. The molecule has 2 aromatic carbocycles. The number of nitrogens with zero attached hydrogens (tertiary/aromatic N) is 4. The summed E-state index contributed by atoms with van der Waals surface area (Å²) in [5, 5.41) is 0. The number of aromatic nitrogens is 4. The number of amides is 2. The molecule has 4 heterocycles. The summed E-state index contributed by atoms with van der Waals surface area (Å²) in [6, 6.07) is 13.8. The average Bonchev–Trinajstić information content (AvgIpc) is 3.62. The first-order valence-corrected chi connectivity index (χ1v) is 20.6.